The molecule has 0 aromatic heterocycles. The van der Waals surface area contributed by atoms with Crippen LogP contribution in [0.25, 0.3) is 0 Å². The highest BCUT2D eigenvalue weighted by atomic mass is 16.5. The molecule has 23 heavy (non-hydrogen) atoms. The lowest BCUT2D eigenvalue weighted by molar-refractivity contribution is 0.214. The Morgan fingerprint density at radius 1 is 0.913 bits per heavy atom. The van der Waals surface area contributed by atoms with E-state index in [1.807, 2.05) is 42.5 Å². The highest BCUT2D eigenvalue weighted by Crippen LogP contribution is 2.30. The fraction of sp³-hybridized carbons (Fsp3) is 0.316. The van der Waals surface area contributed by atoms with E-state index < -0.39 is 0 Å². The molecule has 0 atom stereocenters. The van der Waals surface area contributed by atoms with Crippen LogP contribution in [0.1, 0.15) is 31.9 Å². The summed E-state index contributed by atoms with van der Waals surface area (Å²) in [5.41, 5.74) is 1.93. The van der Waals surface area contributed by atoms with Crippen LogP contribution < -0.4 is 9.47 Å². The van der Waals surface area contributed by atoms with E-state index >= 15 is 0 Å². The molecule has 2 aromatic rings. The zero-order valence-corrected chi connectivity index (χ0v) is 13.8. The van der Waals surface area contributed by atoms with Gasteiger partial charge in [0.1, 0.15) is 24.7 Å². The van der Waals surface area contributed by atoms with E-state index in [1.54, 1.807) is 0 Å². The van der Waals surface area contributed by atoms with Crippen LogP contribution in [0, 0.1) is 0 Å². The van der Waals surface area contributed by atoms with Gasteiger partial charge < -0.3 is 14.7 Å². The number of oxime groups is 1. The molecule has 0 aliphatic rings. The van der Waals surface area contributed by atoms with Crippen molar-refractivity contribution in [1.29, 1.82) is 0 Å². The number of rotatable bonds is 6. The van der Waals surface area contributed by atoms with Gasteiger partial charge >= 0.3 is 0 Å². The molecular formula is C19H23NO3. The van der Waals surface area contributed by atoms with Crippen molar-refractivity contribution in [3.05, 3.63) is 59.7 Å². The summed E-state index contributed by atoms with van der Waals surface area (Å²) in [6.45, 7) is 7.34. The first-order valence-electron chi connectivity index (χ1n) is 7.64. The van der Waals surface area contributed by atoms with Gasteiger partial charge in [0.05, 0.1) is 6.21 Å². The number of nitrogens with zero attached hydrogens (tertiary/aromatic N) is 1. The molecule has 0 heterocycles. The summed E-state index contributed by atoms with van der Waals surface area (Å²) in [7, 11) is 0. The Morgan fingerprint density at radius 3 is 2.13 bits per heavy atom. The lowest BCUT2D eigenvalue weighted by Gasteiger charge is -2.22. The third kappa shape index (κ3) is 4.74. The molecule has 0 saturated carbocycles. The van der Waals surface area contributed by atoms with Gasteiger partial charge in [0.2, 0.25) is 0 Å². The van der Waals surface area contributed by atoms with Crippen LogP contribution in [0.15, 0.2) is 53.7 Å². The quantitative estimate of drug-likeness (QED) is 0.375. The highest BCUT2D eigenvalue weighted by molar-refractivity contribution is 5.82. The second kappa shape index (κ2) is 7.68. The average molecular weight is 313 g/mol. The zero-order chi connectivity index (χ0) is 16.7. The van der Waals surface area contributed by atoms with Gasteiger partial charge in [-0.15, -0.1) is 0 Å². The summed E-state index contributed by atoms with van der Waals surface area (Å²) in [6, 6.07) is 15.5. The Bertz CT molecular complexity index is 660. The zero-order valence-electron chi connectivity index (χ0n) is 13.8. The Kier molecular flexibility index (Phi) is 5.63. The molecule has 0 unspecified atom stereocenters. The van der Waals surface area contributed by atoms with Crippen LogP contribution in [0.3, 0.4) is 0 Å². The Hall–Kier alpha value is -2.49. The summed E-state index contributed by atoms with van der Waals surface area (Å²) in [5.74, 6) is 1.55. The number of hydrogen-bond donors (Lipinski definition) is 1. The summed E-state index contributed by atoms with van der Waals surface area (Å²) in [5, 5.41) is 11.7. The third-order valence-electron chi connectivity index (χ3n) is 3.41. The molecule has 122 valence electrons. The summed E-state index contributed by atoms with van der Waals surface area (Å²) >= 11 is 0. The normalized spacial score (nSPS) is 11.6. The van der Waals surface area contributed by atoms with Crippen molar-refractivity contribution in [3.8, 4) is 11.5 Å². The van der Waals surface area contributed by atoms with E-state index in [1.165, 1.54) is 11.8 Å². The first-order valence-corrected chi connectivity index (χ1v) is 7.64. The standard InChI is InChI=1S/C19H23NO3/c1-19(2,3)16-9-5-7-11-18(16)23-13-12-22-17-10-6-4-8-15(17)14-20-21/h4-11,14,21H,12-13H2,1-3H3. The molecule has 4 nitrogen and oxygen atoms in total. The van der Waals surface area contributed by atoms with Crippen molar-refractivity contribution in [2.75, 3.05) is 13.2 Å². The topological polar surface area (TPSA) is 51.0 Å². The van der Waals surface area contributed by atoms with Crippen molar-refractivity contribution in [3.63, 3.8) is 0 Å². The van der Waals surface area contributed by atoms with Gasteiger partial charge in [-0.25, -0.2) is 0 Å². The molecule has 4 heteroatoms. The van der Waals surface area contributed by atoms with Crippen LogP contribution in [0.5, 0.6) is 11.5 Å². The molecule has 0 aliphatic heterocycles. The van der Waals surface area contributed by atoms with Gasteiger partial charge in [0.15, 0.2) is 0 Å². The Balaban J connectivity index is 1.95. The maximum absolute atomic E-state index is 8.66. The van der Waals surface area contributed by atoms with Crippen LogP contribution >= 0.6 is 0 Å². The summed E-state index contributed by atoms with van der Waals surface area (Å²) < 4.78 is 11.6. The second-order valence-electron chi connectivity index (χ2n) is 6.23. The first kappa shape index (κ1) is 16.9. The summed E-state index contributed by atoms with van der Waals surface area (Å²) in [4.78, 5) is 0. The third-order valence-corrected chi connectivity index (χ3v) is 3.41. The molecular weight excluding hydrogens is 290 g/mol. The maximum Gasteiger partial charge on any atom is 0.128 e. The highest BCUT2D eigenvalue weighted by Gasteiger charge is 2.18. The van der Waals surface area contributed by atoms with Crippen molar-refractivity contribution in [2.24, 2.45) is 5.16 Å². The van der Waals surface area contributed by atoms with Gasteiger partial charge in [0.25, 0.3) is 0 Å². The lowest BCUT2D eigenvalue weighted by Crippen LogP contribution is -2.16. The molecule has 0 radical (unpaired) electrons. The van der Waals surface area contributed by atoms with Gasteiger partial charge in [-0.1, -0.05) is 56.3 Å². The van der Waals surface area contributed by atoms with E-state index in [9.17, 15) is 0 Å². The van der Waals surface area contributed by atoms with E-state index in [0.29, 0.717) is 19.0 Å². The van der Waals surface area contributed by atoms with Crippen molar-refractivity contribution in [2.45, 2.75) is 26.2 Å². The SMILES string of the molecule is CC(C)(C)c1ccccc1OCCOc1ccccc1C=NO. The van der Waals surface area contributed by atoms with Crippen LogP contribution in [0.4, 0.5) is 0 Å². The largest absolute Gasteiger partial charge is 0.490 e. The van der Waals surface area contributed by atoms with Gasteiger partial charge in [-0.3, -0.25) is 0 Å². The number of hydrogen-bond acceptors (Lipinski definition) is 4. The van der Waals surface area contributed by atoms with Gasteiger partial charge in [-0.2, -0.15) is 0 Å². The fourth-order valence-electron chi connectivity index (χ4n) is 2.30. The van der Waals surface area contributed by atoms with E-state index in [-0.39, 0.29) is 5.41 Å². The van der Waals surface area contributed by atoms with Gasteiger partial charge in [-0.05, 0) is 29.2 Å². The average Bonchev–Trinajstić information content (AvgIpc) is 2.53. The molecule has 0 spiro atoms. The van der Waals surface area contributed by atoms with Crippen molar-refractivity contribution in [1.82, 2.24) is 0 Å². The van der Waals surface area contributed by atoms with Crippen LogP contribution in [-0.2, 0) is 5.41 Å². The van der Waals surface area contributed by atoms with Crippen molar-refractivity contribution >= 4 is 6.21 Å². The predicted molar refractivity (Wildman–Crippen MR) is 92.0 cm³/mol. The first-order chi connectivity index (χ1) is 11.0. The van der Waals surface area contributed by atoms with Crippen LogP contribution in [0.2, 0.25) is 0 Å². The predicted octanol–water partition coefficient (Wildman–Crippen LogP) is 4.25. The second-order valence-corrected chi connectivity index (χ2v) is 6.23. The number of benzene rings is 2. The molecule has 2 aromatic carbocycles. The summed E-state index contributed by atoms with van der Waals surface area (Å²) in [6.07, 6.45) is 1.35. The molecule has 0 aliphatic carbocycles. The van der Waals surface area contributed by atoms with Gasteiger partial charge in [0, 0.05) is 5.56 Å². The molecule has 0 fully saturated rings. The molecule has 0 bridgehead atoms. The monoisotopic (exact) mass is 313 g/mol. The lowest BCUT2D eigenvalue weighted by atomic mass is 9.86. The van der Waals surface area contributed by atoms with E-state index in [4.69, 9.17) is 14.7 Å². The van der Waals surface area contributed by atoms with Crippen LogP contribution in [-0.4, -0.2) is 24.6 Å². The molecule has 0 saturated heterocycles. The maximum atomic E-state index is 8.66. The molecule has 0 amide bonds. The number of ether oxygens (including phenoxy) is 2. The Labute approximate surface area is 137 Å². The minimum atomic E-state index is 0.0294. The Morgan fingerprint density at radius 2 is 1.48 bits per heavy atom. The minimum Gasteiger partial charge on any atom is -0.490 e. The minimum absolute atomic E-state index is 0.0294. The van der Waals surface area contributed by atoms with E-state index in [0.717, 1.165) is 11.3 Å². The molecule has 2 rings (SSSR count). The smallest absolute Gasteiger partial charge is 0.128 e. The number of para-hydroxylation sites is 2. The van der Waals surface area contributed by atoms with E-state index in [2.05, 4.69) is 32.0 Å². The fourth-order valence-corrected chi connectivity index (χ4v) is 2.30. The molecule has 1 N–H and O–H groups in total. The van der Waals surface area contributed by atoms with Crippen molar-refractivity contribution < 1.29 is 14.7 Å².